The van der Waals surface area contributed by atoms with Gasteiger partial charge in [0.05, 0.1) is 0 Å². The quantitative estimate of drug-likeness (QED) is 0.819. The Balaban J connectivity index is 2.22. The summed E-state index contributed by atoms with van der Waals surface area (Å²) in [5.41, 5.74) is 3.55. The fourth-order valence-electron chi connectivity index (χ4n) is 2.48. The van der Waals surface area contributed by atoms with Crippen molar-refractivity contribution in [1.82, 2.24) is 9.97 Å². The molecule has 0 bridgehead atoms. The number of anilines is 3. The molecule has 0 aliphatic rings. The Morgan fingerprint density at radius 3 is 2.41 bits per heavy atom. The molecule has 22 heavy (non-hydrogen) atoms. The van der Waals surface area contributed by atoms with Gasteiger partial charge in [-0.05, 0) is 43.9 Å². The van der Waals surface area contributed by atoms with Crippen molar-refractivity contribution in [2.75, 3.05) is 23.3 Å². The van der Waals surface area contributed by atoms with Crippen molar-refractivity contribution < 1.29 is 0 Å². The van der Waals surface area contributed by atoms with E-state index in [1.54, 1.807) is 6.33 Å². The molecule has 0 radical (unpaired) electrons. The first-order valence-corrected chi connectivity index (χ1v) is 8.05. The number of nitrogens with zero attached hydrogens (tertiary/aromatic N) is 3. The first-order chi connectivity index (χ1) is 10.6. The summed E-state index contributed by atoms with van der Waals surface area (Å²) in [6, 6.07) is 8.43. The molecule has 0 spiro atoms. The second-order valence-corrected chi connectivity index (χ2v) is 5.69. The van der Waals surface area contributed by atoms with Crippen LogP contribution >= 0.6 is 0 Å². The minimum Gasteiger partial charge on any atom is -0.356 e. The molecule has 1 aromatic heterocycles. The number of nitrogens with one attached hydrogen (secondary N) is 1. The molecule has 118 valence electrons. The average molecular weight is 298 g/mol. The van der Waals surface area contributed by atoms with Gasteiger partial charge in [-0.3, -0.25) is 0 Å². The highest BCUT2D eigenvalue weighted by atomic mass is 15.2. The summed E-state index contributed by atoms with van der Waals surface area (Å²) in [4.78, 5) is 11.1. The predicted octanol–water partition coefficient (Wildman–Crippen LogP) is 4.46. The zero-order valence-electron chi connectivity index (χ0n) is 14.1. The molecule has 4 heteroatoms. The molecular formula is C18H26N4. The van der Waals surface area contributed by atoms with Gasteiger partial charge < -0.3 is 10.2 Å². The molecule has 0 atom stereocenters. The number of rotatable bonds is 7. The van der Waals surface area contributed by atoms with Crippen molar-refractivity contribution in [2.24, 2.45) is 0 Å². The minimum absolute atomic E-state index is 0.843. The van der Waals surface area contributed by atoms with E-state index in [-0.39, 0.29) is 0 Å². The van der Waals surface area contributed by atoms with Gasteiger partial charge in [-0.25, -0.2) is 9.97 Å². The molecule has 0 saturated carbocycles. The standard InChI is InChI=1S/C18H26N4/c1-5-9-22(10-6-2)18-12-17(19-13-20-18)21-16-11-14(3)7-8-15(16)4/h7-8,11-13H,5-6,9-10H2,1-4H3,(H,19,20,21). The van der Waals surface area contributed by atoms with Gasteiger partial charge in [0.25, 0.3) is 0 Å². The molecule has 0 aliphatic heterocycles. The Bertz CT molecular complexity index is 604. The van der Waals surface area contributed by atoms with Crippen molar-refractivity contribution in [3.05, 3.63) is 41.7 Å². The van der Waals surface area contributed by atoms with E-state index in [1.165, 1.54) is 11.1 Å². The van der Waals surface area contributed by atoms with E-state index < -0.39 is 0 Å². The molecule has 0 unspecified atom stereocenters. The maximum atomic E-state index is 4.43. The Kier molecular flexibility index (Phi) is 5.75. The van der Waals surface area contributed by atoms with Crippen LogP contribution in [0.1, 0.15) is 37.8 Å². The van der Waals surface area contributed by atoms with Crippen LogP contribution in [0.15, 0.2) is 30.6 Å². The lowest BCUT2D eigenvalue weighted by Crippen LogP contribution is -2.25. The Hall–Kier alpha value is -2.10. The van der Waals surface area contributed by atoms with E-state index in [0.717, 1.165) is 43.3 Å². The van der Waals surface area contributed by atoms with Gasteiger partial charge in [-0.1, -0.05) is 26.0 Å². The summed E-state index contributed by atoms with van der Waals surface area (Å²) in [6.07, 6.45) is 3.87. The highest BCUT2D eigenvalue weighted by Gasteiger charge is 2.08. The van der Waals surface area contributed by atoms with Crippen molar-refractivity contribution >= 4 is 17.3 Å². The van der Waals surface area contributed by atoms with E-state index in [9.17, 15) is 0 Å². The summed E-state index contributed by atoms with van der Waals surface area (Å²) in [6.45, 7) is 10.6. The van der Waals surface area contributed by atoms with Gasteiger partial charge in [-0.2, -0.15) is 0 Å². The van der Waals surface area contributed by atoms with Crippen molar-refractivity contribution in [3.63, 3.8) is 0 Å². The van der Waals surface area contributed by atoms with Crippen LogP contribution in [0.2, 0.25) is 0 Å². The first-order valence-electron chi connectivity index (χ1n) is 8.05. The number of hydrogen-bond donors (Lipinski definition) is 1. The fourth-order valence-corrected chi connectivity index (χ4v) is 2.48. The average Bonchev–Trinajstić information content (AvgIpc) is 2.51. The SMILES string of the molecule is CCCN(CCC)c1cc(Nc2cc(C)ccc2C)ncn1. The number of aromatic nitrogens is 2. The predicted molar refractivity (Wildman–Crippen MR) is 94.0 cm³/mol. The third kappa shape index (κ3) is 4.20. The van der Waals surface area contributed by atoms with Crippen LogP contribution in [0.3, 0.4) is 0 Å². The maximum Gasteiger partial charge on any atom is 0.135 e. The van der Waals surface area contributed by atoms with Crippen molar-refractivity contribution in [1.29, 1.82) is 0 Å². The molecule has 2 aromatic rings. The lowest BCUT2D eigenvalue weighted by atomic mass is 10.1. The largest absolute Gasteiger partial charge is 0.356 e. The van der Waals surface area contributed by atoms with Crippen LogP contribution in [-0.2, 0) is 0 Å². The zero-order valence-corrected chi connectivity index (χ0v) is 14.1. The Morgan fingerprint density at radius 1 is 1.00 bits per heavy atom. The fraction of sp³-hybridized carbons (Fsp3) is 0.444. The van der Waals surface area contributed by atoms with Crippen molar-refractivity contribution in [2.45, 2.75) is 40.5 Å². The summed E-state index contributed by atoms with van der Waals surface area (Å²) >= 11 is 0. The van der Waals surface area contributed by atoms with Crippen LogP contribution in [-0.4, -0.2) is 23.1 Å². The summed E-state index contributed by atoms with van der Waals surface area (Å²) in [5, 5.41) is 3.41. The topological polar surface area (TPSA) is 41.0 Å². The van der Waals surface area contributed by atoms with E-state index in [2.05, 4.69) is 66.1 Å². The zero-order chi connectivity index (χ0) is 15.9. The van der Waals surface area contributed by atoms with Crippen LogP contribution in [0.25, 0.3) is 0 Å². The van der Waals surface area contributed by atoms with Crippen LogP contribution in [0, 0.1) is 13.8 Å². The van der Waals surface area contributed by atoms with Crippen LogP contribution in [0.4, 0.5) is 17.3 Å². The maximum absolute atomic E-state index is 4.43. The van der Waals surface area contributed by atoms with Gasteiger partial charge in [0.2, 0.25) is 0 Å². The molecule has 1 N–H and O–H groups in total. The van der Waals surface area contributed by atoms with E-state index in [1.807, 2.05) is 6.07 Å². The van der Waals surface area contributed by atoms with Crippen LogP contribution < -0.4 is 10.2 Å². The first kappa shape index (κ1) is 16.3. The molecule has 4 nitrogen and oxygen atoms in total. The molecule has 1 heterocycles. The number of aryl methyl sites for hydroxylation is 2. The molecule has 1 aromatic carbocycles. The highest BCUT2D eigenvalue weighted by molar-refractivity contribution is 5.63. The third-order valence-electron chi connectivity index (χ3n) is 3.62. The van der Waals surface area contributed by atoms with Gasteiger partial charge in [0.15, 0.2) is 0 Å². The normalized spacial score (nSPS) is 10.5. The van der Waals surface area contributed by atoms with E-state index in [4.69, 9.17) is 0 Å². The van der Waals surface area contributed by atoms with Crippen LogP contribution in [0.5, 0.6) is 0 Å². The second kappa shape index (κ2) is 7.78. The highest BCUT2D eigenvalue weighted by Crippen LogP contribution is 2.22. The van der Waals surface area contributed by atoms with E-state index in [0.29, 0.717) is 0 Å². The molecule has 0 aliphatic carbocycles. The molecule has 2 rings (SSSR count). The number of benzene rings is 1. The molecule has 0 amide bonds. The molecular weight excluding hydrogens is 272 g/mol. The monoisotopic (exact) mass is 298 g/mol. The molecule has 0 saturated heterocycles. The Labute approximate surface area is 133 Å². The summed E-state index contributed by atoms with van der Waals surface area (Å²) in [5.74, 6) is 1.84. The molecule has 0 fully saturated rings. The van der Waals surface area contributed by atoms with Gasteiger partial charge >= 0.3 is 0 Å². The minimum atomic E-state index is 0.843. The lowest BCUT2D eigenvalue weighted by molar-refractivity contribution is 0.733. The van der Waals surface area contributed by atoms with Gasteiger partial charge in [0.1, 0.15) is 18.0 Å². The van der Waals surface area contributed by atoms with Gasteiger partial charge in [0, 0.05) is 24.8 Å². The smallest absolute Gasteiger partial charge is 0.135 e. The summed E-state index contributed by atoms with van der Waals surface area (Å²) < 4.78 is 0. The summed E-state index contributed by atoms with van der Waals surface area (Å²) in [7, 11) is 0. The second-order valence-electron chi connectivity index (χ2n) is 5.69. The van der Waals surface area contributed by atoms with Crippen molar-refractivity contribution in [3.8, 4) is 0 Å². The van der Waals surface area contributed by atoms with Gasteiger partial charge in [-0.15, -0.1) is 0 Å². The lowest BCUT2D eigenvalue weighted by Gasteiger charge is -2.22. The van der Waals surface area contributed by atoms with E-state index >= 15 is 0 Å². The third-order valence-corrected chi connectivity index (χ3v) is 3.62. The Morgan fingerprint density at radius 2 is 1.73 bits per heavy atom. The number of hydrogen-bond acceptors (Lipinski definition) is 4.